The van der Waals surface area contributed by atoms with Gasteiger partial charge in [-0.25, -0.2) is 4.90 Å². The van der Waals surface area contributed by atoms with E-state index in [2.05, 4.69) is 18.7 Å². The van der Waals surface area contributed by atoms with E-state index < -0.39 is 0 Å². The lowest BCUT2D eigenvalue weighted by atomic mass is 9.91. The van der Waals surface area contributed by atoms with Crippen molar-refractivity contribution in [3.8, 4) is 5.75 Å². The van der Waals surface area contributed by atoms with Gasteiger partial charge in [0.15, 0.2) is 0 Å². The molecule has 2 amide bonds. The van der Waals surface area contributed by atoms with Gasteiger partial charge in [0, 0.05) is 13.1 Å². The number of imide groups is 1. The first-order valence-electron chi connectivity index (χ1n) is 11.0. The van der Waals surface area contributed by atoms with Crippen LogP contribution in [0.3, 0.4) is 0 Å². The average molecular weight is 419 g/mol. The van der Waals surface area contributed by atoms with Crippen molar-refractivity contribution in [2.45, 2.75) is 40.2 Å². The fourth-order valence-electron chi connectivity index (χ4n) is 4.70. The van der Waals surface area contributed by atoms with E-state index in [4.69, 9.17) is 4.74 Å². The van der Waals surface area contributed by atoms with Crippen LogP contribution < -0.4 is 9.64 Å². The first kappa shape index (κ1) is 21.2. The van der Waals surface area contributed by atoms with Gasteiger partial charge < -0.3 is 9.64 Å². The molecule has 0 spiro atoms. The molecule has 0 N–H and O–H groups in total. The standard InChI is InChI=1S/C26H30N2O3/c1-17(2)31-22-12-10-21(11-13-22)28-25(29)23(20-8-6-5-7-9-20)24(26(28)30)27-15-18(3)14-19(4)16-27/h5-13,17-19H,14-16H2,1-4H3. The topological polar surface area (TPSA) is 49.9 Å². The Hall–Kier alpha value is -3.08. The van der Waals surface area contributed by atoms with Crippen LogP contribution in [-0.2, 0) is 9.59 Å². The van der Waals surface area contributed by atoms with Gasteiger partial charge in [-0.15, -0.1) is 0 Å². The summed E-state index contributed by atoms with van der Waals surface area (Å²) in [6, 6.07) is 16.7. The van der Waals surface area contributed by atoms with Gasteiger partial charge in [-0.3, -0.25) is 9.59 Å². The molecule has 2 atom stereocenters. The number of likely N-dealkylation sites (tertiary alicyclic amines) is 1. The zero-order chi connectivity index (χ0) is 22.1. The third kappa shape index (κ3) is 4.22. The number of ether oxygens (including phenoxy) is 1. The van der Waals surface area contributed by atoms with Crippen molar-refractivity contribution in [2.24, 2.45) is 11.8 Å². The van der Waals surface area contributed by atoms with E-state index in [0.29, 0.717) is 34.5 Å². The Morgan fingerprint density at radius 2 is 1.48 bits per heavy atom. The summed E-state index contributed by atoms with van der Waals surface area (Å²) < 4.78 is 5.71. The number of anilines is 1. The number of piperidine rings is 1. The van der Waals surface area contributed by atoms with E-state index >= 15 is 0 Å². The highest BCUT2D eigenvalue weighted by Crippen LogP contribution is 2.37. The highest BCUT2D eigenvalue weighted by Gasteiger charge is 2.43. The third-order valence-corrected chi connectivity index (χ3v) is 5.77. The second kappa shape index (κ2) is 8.58. The summed E-state index contributed by atoms with van der Waals surface area (Å²) in [4.78, 5) is 30.7. The van der Waals surface area contributed by atoms with Crippen LogP contribution in [0.5, 0.6) is 5.75 Å². The van der Waals surface area contributed by atoms with E-state index in [0.717, 1.165) is 25.1 Å². The van der Waals surface area contributed by atoms with Crippen molar-refractivity contribution in [2.75, 3.05) is 18.0 Å². The summed E-state index contributed by atoms with van der Waals surface area (Å²) in [6.45, 7) is 9.90. The van der Waals surface area contributed by atoms with Gasteiger partial charge in [0.05, 0.1) is 17.4 Å². The van der Waals surface area contributed by atoms with Gasteiger partial charge >= 0.3 is 0 Å². The van der Waals surface area contributed by atoms with E-state index in [1.807, 2.05) is 44.2 Å². The van der Waals surface area contributed by atoms with E-state index in [-0.39, 0.29) is 17.9 Å². The molecule has 0 aromatic heterocycles. The molecular weight excluding hydrogens is 388 g/mol. The van der Waals surface area contributed by atoms with Gasteiger partial charge in [0.2, 0.25) is 0 Å². The fourth-order valence-corrected chi connectivity index (χ4v) is 4.70. The minimum absolute atomic E-state index is 0.0573. The van der Waals surface area contributed by atoms with Crippen LogP contribution in [0, 0.1) is 11.8 Å². The molecule has 2 aromatic rings. The van der Waals surface area contributed by atoms with Crippen molar-refractivity contribution < 1.29 is 14.3 Å². The smallest absolute Gasteiger partial charge is 0.282 e. The molecule has 2 aliphatic rings. The second-order valence-corrected chi connectivity index (χ2v) is 9.05. The number of benzene rings is 2. The van der Waals surface area contributed by atoms with Crippen LogP contribution >= 0.6 is 0 Å². The molecule has 5 nitrogen and oxygen atoms in total. The number of nitrogens with zero attached hydrogens (tertiary/aromatic N) is 2. The zero-order valence-electron chi connectivity index (χ0n) is 18.7. The van der Waals surface area contributed by atoms with Crippen LogP contribution in [0.4, 0.5) is 5.69 Å². The average Bonchev–Trinajstić information content (AvgIpc) is 2.98. The van der Waals surface area contributed by atoms with Crippen LogP contribution in [0.15, 0.2) is 60.3 Å². The summed E-state index contributed by atoms with van der Waals surface area (Å²) >= 11 is 0. The Morgan fingerprint density at radius 1 is 0.871 bits per heavy atom. The molecule has 31 heavy (non-hydrogen) atoms. The predicted molar refractivity (Wildman–Crippen MR) is 123 cm³/mol. The molecule has 0 bridgehead atoms. The second-order valence-electron chi connectivity index (χ2n) is 9.05. The van der Waals surface area contributed by atoms with Gasteiger partial charge in [-0.05, 0) is 61.9 Å². The number of rotatable bonds is 5. The molecule has 2 aromatic carbocycles. The molecule has 0 radical (unpaired) electrons. The number of carbonyl (C=O) groups excluding carboxylic acids is 2. The molecule has 4 rings (SSSR count). The van der Waals surface area contributed by atoms with Crippen molar-refractivity contribution in [3.05, 3.63) is 65.9 Å². The minimum atomic E-state index is -0.269. The maximum absolute atomic E-state index is 13.6. The van der Waals surface area contributed by atoms with Crippen molar-refractivity contribution in [3.63, 3.8) is 0 Å². The van der Waals surface area contributed by atoms with Crippen molar-refractivity contribution >= 4 is 23.1 Å². The maximum Gasteiger partial charge on any atom is 0.282 e. The fraction of sp³-hybridized carbons (Fsp3) is 0.385. The molecule has 162 valence electrons. The third-order valence-electron chi connectivity index (χ3n) is 5.77. The first-order chi connectivity index (χ1) is 14.8. The summed E-state index contributed by atoms with van der Waals surface area (Å²) in [5.74, 6) is 1.14. The number of amides is 2. The molecule has 0 saturated carbocycles. The van der Waals surface area contributed by atoms with Gasteiger partial charge in [-0.2, -0.15) is 0 Å². The highest BCUT2D eigenvalue weighted by atomic mass is 16.5. The van der Waals surface area contributed by atoms with Crippen LogP contribution in [0.25, 0.3) is 5.57 Å². The highest BCUT2D eigenvalue weighted by molar-refractivity contribution is 6.45. The zero-order valence-corrected chi connectivity index (χ0v) is 18.7. The van der Waals surface area contributed by atoms with Crippen molar-refractivity contribution in [1.29, 1.82) is 0 Å². The Balaban J connectivity index is 1.74. The lowest BCUT2D eigenvalue weighted by Crippen LogP contribution is -2.42. The van der Waals surface area contributed by atoms with Gasteiger partial charge in [0.1, 0.15) is 11.4 Å². The van der Waals surface area contributed by atoms with Crippen LogP contribution in [-0.4, -0.2) is 35.9 Å². The monoisotopic (exact) mass is 418 g/mol. The molecule has 2 aliphatic heterocycles. The number of carbonyl (C=O) groups is 2. The van der Waals surface area contributed by atoms with Gasteiger partial charge in [0.25, 0.3) is 11.8 Å². The van der Waals surface area contributed by atoms with Crippen molar-refractivity contribution in [1.82, 2.24) is 4.90 Å². The van der Waals surface area contributed by atoms with E-state index in [9.17, 15) is 9.59 Å². The molecule has 1 saturated heterocycles. The lowest BCUT2D eigenvalue weighted by Gasteiger charge is -2.37. The quantitative estimate of drug-likeness (QED) is 0.659. The van der Waals surface area contributed by atoms with Gasteiger partial charge in [-0.1, -0.05) is 44.2 Å². The Kier molecular flexibility index (Phi) is 5.86. The normalized spacial score (nSPS) is 22.0. The summed E-state index contributed by atoms with van der Waals surface area (Å²) in [5.41, 5.74) is 2.36. The Morgan fingerprint density at radius 3 is 2.06 bits per heavy atom. The summed E-state index contributed by atoms with van der Waals surface area (Å²) in [7, 11) is 0. The summed E-state index contributed by atoms with van der Waals surface area (Å²) in [5, 5.41) is 0. The number of hydrogen-bond acceptors (Lipinski definition) is 4. The molecular formula is C26H30N2O3. The predicted octanol–water partition coefficient (Wildman–Crippen LogP) is 4.74. The molecule has 0 aliphatic carbocycles. The molecule has 2 heterocycles. The Labute approximate surface area is 184 Å². The maximum atomic E-state index is 13.6. The lowest BCUT2D eigenvalue weighted by molar-refractivity contribution is -0.120. The van der Waals surface area contributed by atoms with Crippen LogP contribution in [0.2, 0.25) is 0 Å². The summed E-state index contributed by atoms with van der Waals surface area (Å²) in [6.07, 6.45) is 1.19. The molecule has 2 unspecified atom stereocenters. The first-order valence-corrected chi connectivity index (χ1v) is 11.0. The largest absolute Gasteiger partial charge is 0.491 e. The molecule has 1 fully saturated rings. The van der Waals surface area contributed by atoms with E-state index in [1.54, 1.807) is 24.3 Å². The van der Waals surface area contributed by atoms with E-state index in [1.165, 1.54) is 4.90 Å². The number of hydrogen-bond donors (Lipinski definition) is 0. The minimum Gasteiger partial charge on any atom is -0.491 e. The van der Waals surface area contributed by atoms with Crippen LogP contribution in [0.1, 0.15) is 39.7 Å². The SMILES string of the molecule is CC1CC(C)CN(C2=C(c3ccccc3)C(=O)N(c3ccc(OC(C)C)cc3)C2=O)C1. The molecule has 5 heteroatoms. The Bertz CT molecular complexity index is 985.